The number of H-pyrrole nitrogens is 1. The molecule has 5 nitrogen and oxygen atoms in total. The number of nitrogens with zero attached hydrogens (tertiary/aromatic N) is 1. The van der Waals surface area contributed by atoms with Crippen molar-refractivity contribution in [3.63, 3.8) is 0 Å². The summed E-state index contributed by atoms with van der Waals surface area (Å²) in [4.78, 5) is 18.3. The summed E-state index contributed by atoms with van der Waals surface area (Å²) in [6, 6.07) is 11.9. The van der Waals surface area contributed by atoms with Crippen LogP contribution in [0, 0.1) is 0 Å². The largest absolute Gasteiger partial charge is 0.496 e. The molecule has 0 aliphatic carbocycles. The van der Waals surface area contributed by atoms with Crippen LogP contribution in [0.5, 0.6) is 5.75 Å². The molecule has 1 amide bonds. The van der Waals surface area contributed by atoms with Crippen molar-refractivity contribution in [2.75, 3.05) is 12.4 Å². The Morgan fingerprint density at radius 1 is 1.19 bits per heavy atom. The van der Waals surface area contributed by atoms with E-state index in [2.05, 4.69) is 15.3 Å². The first kappa shape index (κ1) is 13.2. The zero-order valence-corrected chi connectivity index (χ0v) is 11.8. The molecule has 0 aliphatic heterocycles. The van der Waals surface area contributed by atoms with Gasteiger partial charge in [0.2, 0.25) is 11.9 Å². The summed E-state index contributed by atoms with van der Waals surface area (Å²) in [7, 11) is 1.66. The first-order valence-corrected chi connectivity index (χ1v) is 6.58. The van der Waals surface area contributed by atoms with E-state index in [9.17, 15) is 4.79 Å². The highest BCUT2D eigenvalue weighted by Gasteiger charge is 2.10. The highest BCUT2D eigenvalue weighted by molar-refractivity contribution is 5.99. The predicted octanol–water partition coefficient (Wildman–Crippen LogP) is 3.20. The molecule has 0 fully saturated rings. The number of rotatable bonds is 3. The maximum Gasteiger partial charge on any atom is 0.223 e. The minimum Gasteiger partial charge on any atom is -0.496 e. The Bertz CT molecular complexity index is 808. The number of hydrogen-bond donors (Lipinski definition) is 2. The zero-order valence-electron chi connectivity index (χ0n) is 11.8. The van der Waals surface area contributed by atoms with Crippen molar-refractivity contribution in [2.24, 2.45) is 0 Å². The molecule has 0 radical (unpaired) electrons. The molecule has 1 aromatic heterocycles. The molecule has 2 aromatic carbocycles. The molecule has 0 spiro atoms. The number of methoxy groups -OCH3 is 1. The summed E-state index contributed by atoms with van der Waals surface area (Å²) < 4.78 is 5.39. The van der Waals surface area contributed by atoms with Crippen molar-refractivity contribution >= 4 is 22.6 Å². The summed E-state index contributed by atoms with van der Waals surface area (Å²) in [5.74, 6) is 1.11. The van der Waals surface area contributed by atoms with E-state index in [0.29, 0.717) is 5.95 Å². The second-order valence-electron chi connectivity index (χ2n) is 4.69. The summed E-state index contributed by atoms with van der Waals surface area (Å²) in [5, 5.41) is 4.74. The first-order valence-electron chi connectivity index (χ1n) is 6.58. The van der Waals surface area contributed by atoms with Crippen molar-refractivity contribution in [1.29, 1.82) is 0 Å². The van der Waals surface area contributed by atoms with E-state index in [1.807, 2.05) is 36.4 Å². The molecule has 5 heteroatoms. The van der Waals surface area contributed by atoms with Gasteiger partial charge in [-0.3, -0.25) is 10.1 Å². The SMILES string of the molecule is COc1ccc(-c2cnc(NC(C)=O)[nH]2)c2ccccc12. The lowest BCUT2D eigenvalue weighted by Crippen LogP contribution is -2.06. The summed E-state index contributed by atoms with van der Waals surface area (Å²) >= 11 is 0. The van der Waals surface area contributed by atoms with Crippen molar-refractivity contribution in [2.45, 2.75) is 6.92 Å². The van der Waals surface area contributed by atoms with Gasteiger partial charge >= 0.3 is 0 Å². The highest BCUT2D eigenvalue weighted by Crippen LogP contribution is 2.33. The number of carbonyl (C=O) groups is 1. The fraction of sp³-hybridized carbons (Fsp3) is 0.125. The molecule has 2 N–H and O–H groups in total. The summed E-state index contributed by atoms with van der Waals surface area (Å²) in [5.41, 5.74) is 1.85. The Balaban J connectivity index is 2.12. The van der Waals surface area contributed by atoms with Crippen molar-refractivity contribution in [3.8, 4) is 17.0 Å². The van der Waals surface area contributed by atoms with Crippen LogP contribution in [0.25, 0.3) is 22.0 Å². The minimum absolute atomic E-state index is 0.157. The number of aromatic amines is 1. The number of nitrogens with one attached hydrogen (secondary N) is 2. The molecule has 0 saturated heterocycles. The number of imidazole rings is 1. The smallest absolute Gasteiger partial charge is 0.223 e. The van der Waals surface area contributed by atoms with Crippen molar-refractivity contribution in [3.05, 3.63) is 42.6 Å². The molecule has 0 atom stereocenters. The van der Waals surface area contributed by atoms with Crippen LogP contribution in [0.1, 0.15) is 6.92 Å². The summed E-state index contributed by atoms with van der Waals surface area (Å²) in [6.45, 7) is 1.45. The van der Waals surface area contributed by atoms with Crippen molar-refractivity contribution in [1.82, 2.24) is 9.97 Å². The van der Waals surface area contributed by atoms with Crippen LogP contribution in [0.15, 0.2) is 42.6 Å². The molecule has 0 saturated carbocycles. The maximum absolute atomic E-state index is 11.1. The maximum atomic E-state index is 11.1. The van der Waals surface area contributed by atoms with Crippen LogP contribution in [0.2, 0.25) is 0 Å². The number of aromatic nitrogens is 2. The molecule has 3 aromatic rings. The average molecular weight is 281 g/mol. The quantitative estimate of drug-likeness (QED) is 0.774. The Hall–Kier alpha value is -2.82. The van der Waals surface area contributed by atoms with E-state index >= 15 is 0 Å². The molecule has 21 heavy (non-hydrogen) atoms. The number of benzene rings is 2. The lowest BCUT2D eigenvalue weighted by Gasteiger charge is -2.09. The third kappa shape index (κ3) is 2.45. The Morgan fingerprint density at radius 3 is 2.67 bits per heavy atom. The first-order chi connectivity index (χ1) is 10.2. The standard InChI is InChI=1S/C16H15N3O2/c1-10(20)18-16-17-9-14(19-16)12-7-8-15(21-2)13-6-4-3-5-11(12)13/h3-9H,1-2H3,(H2,17,18,19,20). The molecule has 106 valence electrons. The van der Waals surface area contributed by atoms with E-state index in [1.165, 1.54) is 6.92 Å². The third-order valence-electron chi connectivity index (χ3n) is 3.26. The third-order valence-corrected chi connectivity index (χ3v) is 3.26. The fourth-order valence-corrected chi connectivity index (χ4v) is 2.37. The molecular weight excluding hydrogens is 266 g/mol. The van der Waals surface area contributed by atoms with Gasteiger partial charge in [-0.1, -0.05) is 24.3 Å². The second kappa shape index (κ2) is 5.28. The Labute approximate surface area is 122 Å². The normalized spacial score (nSPS) is 10.6. The fourth-order valence-electron chi connectivity index (χ4n) is 2.37. The molecule has 0 unspecified atom stereocenters. The monoisotopic (exact) mass is 281 g/mol. The number of anilines is 1. The van der Waals surface area contributed by atoms with E-state index in [0.717, 1.165) is 27.8 Å². The van der Waals surface area contributed by atoms with Crippen LogP contribution in [-0.4, -0.2) is 23.0 Å². The van der Waals surface area contributed by atoms with Gasteiger partial charge in [0.1, 0.15) is 5.75 Å². The lowest BCUT2D eigenvalue weighted by molar-refractivity contribution is -0.114. The van der Waals surface area contributed by atoms with Crippen LogP contribution in [0.3, 0.4) is 0 Å². The van der Waals surface area contributed by atoms with E-state index in [4.69, 9.17) is 4.74 Å². The zero-order chi connectivity index (χ0) is 14.8. The number of amides is 1. The molecule has 0 aliphatic rings. The lowest BCUT2D eigenvalue weighted by atomic mass is 10.0. The van der Waals surface area contributed by atoms with Gasteiger partial charge in [-0.2, -0.15) is 0 Å². The summed E-state index contributed by atoms with van der Waals surface area (Å²) in [6.07, 6.45) is 1.71. The highest BCUT2D eigenvalue weighted by atomic mass is 16.5. The van der Waals surface area contributed by atoms with Gasteiger partial charge in [0.15, 0.2) is 0 Å². The predicted molar refractivity (Wildman–Crippen MR) is 82.4 cm³/mol. The van der Waals surface area contributed by atoms with E-state index in [-0.39, 0.29) is 5.91 Å². The van der Waals surface area contributed by atoms with Gasteiger partial charge in [-0.05, 0) is 17.5 Å². The van der Waals surface area contributed by atoms with Crippen LogP contribution >= 0.6 is 0 Å². The number of ether oxygens (including phenoxy) is 1. The average Bonchev–Trinajstić information content (AvgIpc) is 2.93. The van der Waals surface area contributed by atoms with Gasteiger partial charge < -0.3 is 9.72 Å². The molecular formula is C16H15N3O2. The van der Waals surface area contributed by atoms with Gasteiger partial charge in [0.05, 0.1) is 19.0 Å². The van der Waals surface area contributed by atoms with Gasteiger partial charge in [-0.25, -0.2) is 4.98 Å². The van der Waals surface area contributed by atoms with Gasteiger partial charge in [-0.15, -0.1) is 0 Å². The number of hydrogen-bond acceptors (Lipinski definition) is 3. The number of carbonyl (C=O) groups excluding carboxylic acids is 1. The van der Waals surface area contributed by atoms with Crippen molar-refractivity contribution < 1.29 is 9.53 Å². The Morgan fingerprint density at radius 2 is 1.95 bits per heavy atom. The molecule has 0 bridgehead atoms. The minimum atomic E-state index is -0.157. The number of fused-ring (bicyclic) bond motifs is 1. The van der Waals surface area contributed by atoms with Crippen LogP contribution < -0.4 is 10.1 Å². The topological polar surface area (TPSA) is 67.0 Å². The van der Waals surface area contributed by atoms with E-state index in [1.54, 1.807) is 13.3 Å². The second-order valence-corrected chi connectivity index (χ2v) is 4.69. The van der Waals surface area contributed by atoms with Gasteiger partial charge in [0.25, 0.3) is 0 Å². The van der Waals surface area contributed by atoms with Gasteiger partial charge in [0, 0.05) is 17.9 Å². The molecule has 3 rings (SSSR count). The molecule has 1 heterocycles. The Kier molecular flexibility index (Phi) is 3.31. The van der Waals surface area contributed by atoms with Crippen LogP contribution in [0.4, 0.5) is 5.95 Å². The van der Waals surface area contributed by atoms with Crippen LogP contribution in [-0.2, 0) is 4.79 Å². The van der Waals surface area contributed by atoms with E-state index < -0.39 is 0 Å².